The molecule has 0 aromatic carbocycles. The van der Waals surface area contributed by atoms with Gasteiger partial charge in [0.15, 0.2) is 5.78 Å². The topological polar surface area (TPSA) is 61.3 Å². The van der Waals surface area contributed by atoms with Crippen molar-refractivity contribution in [2.45, 2.75) is 31.8 Å². The van der Waals surface area contributed by atoms with Crippen LogP contribution in [0.5, 0.6) is 5.88 Å². The van der Waals surface area contributed by atoms with Crippen LogP contribution in [0.15, 0.2) is 24.4 Å². The molecule has 0 amide bonds. The van der Waals surface area contributed by atoms with Gasteiger partial charge in [0.05, 0.1) is 18.1 Å². The van der Waals surface area contributed by atoms with Crippen molar-refractivity contribution in [2.24, 2.45) is 0 Å². The first kappa shape index (κ1) is 13.9. The summed E-state index contributed by atoms with van der Waals surface area (Å²) in [7, 11) is 1.57. The summed E-state index contributed by atoms with van der Waals surface area (Å²) in [6.07, 6.45) is 4.68. The molecule has 2 aromatic heterocycles. The molecule has 1 fully saturated rings. The third-order valence-corrected chi connectivity index (χ3v) is 3.75. The van der Waals surface area contributed by atoms with Gasteiger partial charge in [-0.25, -0.2) is 4.98 Å². The number of rotatable bonds is 4. The summed E-state index contributed by atoms with van der Waals surface area (Å²) in [5.74, 6) is 0.643. The molecule has 1 aliphatic rings. The Morgan fingerprint density at radius 3 is 3.05 bits per heavy atom. The molecule has 0 bridgehead atoms. The highest BCUT2D eigenvalue weighted by Crippen LogP contribution is 2.21. The average molecular weight is 286 g/mol. The lowest BCUT2D eigenvalue weighted by Gasteiger charge is -2.21. The maximum atomic E-state index is 12.4. The van der Waals surface area contributed by atoms with Crippen molar-refractivity contribution >= 4 is 16.8 Å². The standard InChI is InChI=1S/C16H18N2O3/c1-20-15-6-5-12-16(18-15)11(7-8-17-12)10-13(19)14-4-2-3-9-21-14/h5-8,14H,2-4,9-10H2,1H3. The maximum absolute atomic E-state index is 12.4. The van der Waals surface area contributed by atoms with Gasteiger partial charge in [-0.05, 0) is 37.0 Å². The molecular formula is C16H18N2O3. The molecule has 0 spiro atoms. The number of hydrogen-bond donors (Lipinski definition) is 0. The van der Waals surface area contributed by atoms with Crippen LogP contribution in [0, 0.1) is 0 Å². The highest BCUT2D eigenvalue weighted by Gasteiger charge is 2.22. The summed E-state index contributed by atoms with van der Waals surface area (Å²) in [5, 5.41) is 0. The Kier molecular flexibility index (Phi) is 4.10. The molecule has 3 heterocycles. The molecule has 21 heavy (non-hydrogen) atoms. The number of pyridine rings is 2. The molecule has 1 saturated heterocycles. The van der Waals surface area contributed by atoms with Gasteiger partial charge in [-0.15, -0.1) is 0 Å². The van der Waals surface area contributed by atoms with Crippen LogP contribution in [0.2, 0.25) is 0 Å². The van der Waals surface area contributed by atoms with Crippen LogP contribution in [0.4, 0.5) is 0 Å². The number of hydrogen-bond acceptors (Lipinski definition) is 5. The monoisotopic (exact) mass is 286 g/mol. The summed E-state index contributed by atoms with van der Waals surface area (Å²) in [6.45, 7) is 0.680. The van der Waals surface area contributed by atoms with E-state index in [1.54, 1.807) is 19.4 Å². The fourth-order valence-electron chi connectivity index (χ4n) is 2.61. The van der Waals surface area contributed by atoms with Crippen molar-refractivity contribution in [3.05, 3.63) is 30.0 Å². The van der Waals surface area contributed by atoms with Gasteiger partial charge in [0.2, 0.25) is 5.88 Å². The predicted octanol–water partition coefficient (Wildman–Crippen LogP) is 2.32. The van der Waals surface area contributed by atoms with E-state index in [9.17, 15) is 4.79 Å². The summed E-state index contributed by atoms with van der Waals surface area (Å²) in [5.41, 5.74) is 2.37. The quantitative estimate of drug-likeness (QED) is 0.863. The Bertz CT molecular complexity index is 651. The van der Waals surface area contributed by atoms with Crippen molar-refractivity contribution in [1.29, 1.82) is 0 Å². The normalized spacial score (nSPS) is 18.6. The maximum Gasteiger partial charge on any atom is 0.213 e. The number of methoxy groups -OCH3 is 1. The van der Waals surface area contributed by atoms with Crippen molar-refractivity contribution in [1.82, 2.24) is 9.97 Å². The van der Waals surface area contributed by atoms with Gasteiger partial charge in [-0.2, -0.15) is 0 Å². The minimum absolute atomic E-state index is 0.117. The molecular weight excluding hydrogens is 268 g/mol. The van der Waals surface area contributed by atoms with Crippen LogP contribution < -0.4 is 4.74 Å². The third kappa shape index (κ3) is 3.03. The minimum Gasteiger partial charge on any atom is -0.481 e. The third-order valence-electron chi connectivity index (χ3n) is 3.75. The van der Waals surface area contributed by atoms with Crippen molar-refractivity contribution < 1.29 is 14.3 Å². The van der Waals surface area contributed by atoms with Gasteiger partial charge in [0.1, 0.15) is 6.10 Å². The van der Waals surface area contributed by atoms with Crippen molar-refractivity contribution in [2.75, 3.05) is 13.7 Å². The number of aromatic nitrogens is 2. The zero-order valence-corrected chi connectivity index (χ0v) is 12.0. The summed E-state index contributed by atoms with van der Waals surface area (Å²) in [4.78, 5) is 21.1. The Morgan fingerprint density at radius 1 is 1.38 bits per heavy atom. The minimum atomic E-state index is -0.271. The second-order valence-electron chi connectivity index (χ2n) is 5.19. The summed E-state index contributed by atoms with van der Waals surface area (Å²) < 4.78 is 10.7. The lowest BCUT2D eigenvalue weighted by Crippen LogP contribution is -2.29. The van der Waals surface area contributed by atoms with Gasteiger partial charge in [-0.1, -0.05) is 0 Å². The lowest BCUT2D eigenvalue weighted by atomic mass is 9.99. The number of ketones is 1. The number of nitrogens with zero attached hydrogens (tertiary/aromatic N) is 2. The number of ether oxygens (including phenoxy) is 2. The van der Waals surface area contributed by atoms with Crippen LogP contribution in [0.3, 0.4) is 0 Å². The largest absolute Gasteiger partial charge is 0.481 e. The molecule has 110 valence electrons. The van der Waals surface area contributed by atoms with Crippen LogP contribution in [0.25, 0.3) is 11.0 Å². The fraction of sp³-hybridized carbons (Fsp3) is 0.438. The lowest BCUT2D eigenvalue weighted by molar-refractivity contribution is -0.132. The number of Topliss-reactive ketones (excluding diaryl/α,β-unsaturated/α-hetero) is 1. The molecule has 0 aliphatic carbocycles. The van der Waals surface area contributed by atoms with E-state index in [1.165, 1.54) is 0 Å². The van der Waals surface area contributed by atoms with Crippen LogP contribution in [-0.4, -0.2) is 35.6 Å². The van der Waals surface area contributed by atoms with Gasteiger partial charge >= 0.3 is 0 Å². The van der Waals surface area contributed by atoms with Crippen LogP contribution >= 0.6 is 0 Å². The zero-order valence-electron chi connectivity index (χ0n) is 12.0. The Morgan fingerprint density at radius 2 is 2.29 bits per heavy atom. The molecule has 0 N–H and O–H groups in total. The second-order valence-corrected chi connectivity index (χ2v) is 5.19. The number of fused-ring (bicyclic) bond motifs is 1. The second kappa shape index (κ2) is 6.18. The molecule has 0 radical (unpaired) electrons. The van der Waals surface area contributed by atoms with Crippen molar-refractivity contribution in [3.63, 3.8) is 0 Å². The van der Waals surface area contributed by atoms with E-state index in [-0.39, 0.29) is 11.9 Å². The first-order valence-corrected chi connectivity index (χ1v) is 7.21. The number of carbonyl (C=O) groups is 1. The van der Waals surface area contributed by atoms with E-state index < -0.39 is 0 Å². The highest BCUT2D eigenvalue weighted by molar-refractivity contribution is 5.89. The fourth-order valence-corrected chi connectivity index (χ4v) is 2.61. The van der Waals surface area contributed by atoms with Gasteiger partial charge in [0.25, 0.3) is 0 Å². The molecule has 2 aromatic rings. The molecule has 0 saturated carbocycles. The number of carbonyl (C=O) groups excluding carboxylic acids is 1. The van der Waals surface area contributed by atoms with E-state index in [0.29, 0.717) is 18.9 Å². The van der Waals surface area contributed by atoms with E-state index in [1.807, 2.05) is 12.1 Å². The molecule has 3 rings (SSSR count). The SMILES string of the molecule is COc1ccc2nccc(CC(=O)C3CCCCO3)c2n1. The Labute approximate surface area is 123 Å². The van der Waals surface area contributed by atoms with E-state index in [2.05, 4.69) is 9.97 Å². The smallest absolute Gasteiger partial charge is 0.213 e. The highest BCUT2D eigenvalue weighted by atomic mass is 16.5. The molecule has 5 nitrogen and oxygen atoms in total. The first-order chi connectivity index (χ1) is 10.3. The summed E-state index contributed by atoms with van der Waals surface area (Å²) >= 11 is 0. The van der Waals surface area contributed by atoms with Gasteiger partial charge in [-0.3, -0.25) is 9.78 Å². The van der Waals surface area contributed by atoms with Gasteiger partial charge in [0, 0.05) is 25.3 Å². The van der Waals surface area contributed by atoms with Crippen LogP contribution in [0.1, 0.15) is 24.8 Å². The van der Waals surface area contributed by atoms with E-state index in [0.717, 1.165) is 35.9 Å². The van der Waals surface area contributed by atoms with Crippen molar-refractivity contribution in [3.8, 4) is 5.88 Å². The molecule has 1 atom stereocenters. The van der Waals surface area contributed by atoms with Gasteiger partial charge < -0.3 is 9.47 Å². The molecule has 1 unspecified atom stereocenters. The first-order valence-electron chi connectivity index (χ1n) is 7.21. The molecule has 5 heteroatoms. The Hall–Kier alpha value is -2.01. The van der Waals surface area contributed by atoms with Crippen LogP contribution in [-0.2, 0) is 16.0 Å². The predicted molar refractivity (Wildman–Crippen MR) is 78.4 cm³/mol. The Balaban J connectivity index is 1.87. The van der Waals surface area contributed by atoms with E-state index >= 15 is 0 Å². The summed E-state index contributed by atoms with van der Waals surface area (Å²) in [6, 6.07) is 5.47. The van der Waals surface area contributed by atoms with E-state index in [4.69, 9.17) is 9.47 Å². The zero-order chi connectivity index (χ0) is 14.7. The average Bonchev–Trinajstić information content (AvgIpc) is 2.55. The molecule has 1 aliphatic heterocycles.